The number of nitrogens with one attached hydrogen (secondary N) is 1. The lowest BCUT2D eigenvalue weighted by molar-refractivity contribution is 0.0964. The molecule has 6 rings (SSSR count). The average molecular weight is 586 g/mol. The number of aryl methyl sites for hydroxylation is 2. The normalized spacial score (nSPS) is 14.4. The Morgan fingerprint density at radius 1 is 1.12 bits per heavy atom. The van der Waals surface area contributed by atoms with Crippen molar-refractivity contribution in [1.29, 1.82) is 0 Å². The highest BCUT2D eigenvalue weighted by Gasteiger charge is 2.31. The number of anilines is 3. The molecule has 12 heteroatoms. The maximum absolute atomic E-state index is 13.8. The fraction of sp³-hybridized carbons (Fsp3) is 0.355. The lowest BCUT2D eigenvalue weighted by Crippen LogP contribution is -2.41. The largest absolute Gasteiger partial charge is 0.465 e. The van der Waals surface area contributed by atoms with Crippen LogP contribution < -0.4 is 15.8 Å². The van der Waals surface area contributed by atoms with Crippen LogP contribution in [0.5, 0.6) is 0 Å². The Balaban J connectivity index is 1.29. The van der Waals surface area contributed by atoms with Crippen LogP contribution in [0, 0.1) is 0 Å². The molecule has 224 valence electrons. The number of benzene rings is 1. The van der Waals surface area contributed by atoms with Gasteiger partial charge in [0.15, 0.2) is 5.82 Å². The van der Waals surface area contributed by atoms with E-state index in [9.17, 15) is 19.5 Å². The summed E-state index contributed by atoms with van der Waals surface area (Å²) >= 11 is 0. The van der Waals surface area contributed by atoms with E-state index in [2.05, 4.69) is 15.0 Å². The summed E-state index contributed by atoms with van der Waals surface area (Å²) in [5, 5.41) is 27.1. The molecule has 0 radical (unpaired) electrons. The Kier molecular flexibility index (Phi) is 7.53. The van der Waals surface area contributed by atoms with Gasteiger partial charge in [0.2, 0.25) is 0 Å². The van der Waals surface area contributed by atoms with Gasteiger partial charge in [-0.05, 0) is 55.0 Å². The van der Waals surface area contributed by atoms with Gasteiger partial charge in [0.25, 0.3) is 11.5 Å². The fourth-order valence-electron chi connectivity index (χ4n) is 6.12. The first-order valence-electron chi connectivity index (χ1n) is 14.5. The van der Waals surface area contributed by atoms with E-state index in [4.69, 9.17) is 5.11 Å². The molecule has 3 N–H and O–H groups in total. The van der Waals surface area contributed by atoms with Crippen molar-refractivity contribution in [2.45, 2.75) is 45.4 Å². The van der Waals surface area contributed by atoms with E-state index in [1.807, 2.05) is 24.3 Å². The summed E-state index contributed by atoms with van der Waals surface area (Å²) in [4.78, 5) is 40.8. The number of pyridine rings is 1. The van der Waals surface area contributed by atoms with Crippen LogP contribution in [0.4, 0.5) is 22.0 Å². The molecule has 4 heterocycles. The van der Waals surface area contributed by atoms with Crippen LogP contribution in [0.2, 0.25) is 0 Å². The number of aromatic nitrogens is 4. The van der Waals surface area contributed by atoms with E-state index >= 15 is 0 Å². The molecule has 0 spiro atoms. The van der Waals surface area contributed by atoms with Crippen LogP contribution in [0.3, 0.4) is 0 Å². The average Bonchev–Trinajstić information content (AvgIpc) is 3.62. The Morgan fingerprint density at radius 3 is 2.72 bits per heavy atom. The van der Waals surface area contributed by atoms with Crippen molar-refractivity contribution in [3.05, 3.63) is 81.7 Å². The van der Waals surface area contributed by atoms with Crippen molar-refractivity contribution in [2.75, 3.05) is 30.4 Å². The number of aliphatic hydroxyl groups is 1. The Labute approximate surface area is 248 Å². The minimum absolute atomic E-state index is 0.0690. The molecular weight excluding hydrogens is 550 g/mol. The number of rotatable bonds is 8. The van der Waals surface area contributed by atoms with Crippen molar-refractivity contribution >= 4 is 29.2 Å². The van der Waals surface area contributed by atoms with E-state index in [0.29, 0.717) is 59.2 Å². The zero-order valence-electron chi connectivity index (χ0n) is 24.3. The summed E-state index contributed by atoms with van der Waals surface area (Å²) in [6.07, 6.45) is 6.71. The molecular formula is C31H35N7O5. The number of carbonyl (C=O) groups is 2. The number of amides is 2. The molecule has 2 aliphatic rings. The molecule has 0 saturated carbocycles. The molecule has 12 nitrogen and oxygen atoms in total. The number of fused-ring (bicyclic) bond motifs is 3. The lowest BCUT2D eigenvalue weighted by Gasteiger charge is -2.31. The highest BCUT2D eigenvalue weighted by Crippen LogP contribution is 2.35. The van der Waals surface area contributed by atoms with Gasteiger partial charge in [-0.25, -0.2) is 4.79 Å². The van der Waals surface area contributed by atoms with Gasteiger partial charge in [-0.3, -0.25) is 14.3 Å². The summed E-state index contributed by atoms with van der Waals surface area (Å²) in [6, 6.07) is 11.1. The molecule has 4 aromatic rings. The molecule has 0 atom stereocenters. The van der Waals surface area contributed by atoms with Crippen LogP contribution in [0.25, 0.3) is 11.1 Å². The molecule has 43 heavy (non-hydrogen) atoms. The molecule has 0 fully saturated rings. The molecule has 3 aromatic heterocycles. The summed E-state index contributed by atoms with van der Waals surface area (Å²) in [6.45, 7) is 1.56. The SMILES string of the molecule is CN(CCn1ccc(Nc2cc(-c3cccc(N4CCn5c(cc6c5CCCC6)C4=O)c3CO)cn(C)c2=O)n1)C(=O)O. The van der Waals surface area contributed by atoms with E-state index in [1.54, 1.807) is 41.2 Å². The van der Waals surface area contributed by atoms with Gasteiger partial charge in [0.1, 0.15) is 11.4 Å². The lowest BCUT2D eigenvalue weighted by atomic mass is 9.98. The third kappa shape index (κ3) is 5.29. The van der Waals surface area contributed by atoms with Crippen molar-refractivity contribution < 1.29 is 19.8 Å². The van der Waals surface area contributed by atoms with Crippen LogP contribution >= 0.6 is 0 Å². The van der Waals surface area contributed by atoms with Crippen LogP contribution in [-0.4, -0.2) is 66.2 Å². The second-order valence-electron chi connectivity index (χ2n) is 11.1. The Bertz CT molecular complexity index is 1770. The number of hydrogen-bond donors (Lipinski definition) is 3. The van der Waals surface area contributed by atoms with Crippen molar-refractivity contribution in [2.24, 2.45) is 7.05 Å². The Morgan fingerprint density at radius 2 is 1.93 bits per heavy atom. The molecule has 2 amide bonds. The minimum Gasteiger partial charge on any atom is -0.465 e. The van der Waals surface area contributed by atoms with Crippen molar-refractivity contribution in [3.63, 3.8) is 0 Å². The van der Waals surface area contributed by atoms with Crippen molar-refractivity contribution in [1.82, 2.24) is 23.8 Å². The maximum Gasteiger partial charge on any atom is 0.407 e. The first kappa shape index (κ1) is 28.3. The molecule has 0 bridgehead atoms. The highest BCUT2D eigenvalue weighted by atomic mass is 16.4. The topological polar surface area (TPSA) is 138 Å². The summed E-state index contributed by atoms with van der Waals surface area (Å²) in [5.74, 6) is 0.369. The van der Waals surface area contributed by atoms with Crippen LogP contribution in [0.1, 0.15) is 40.2 Å². The zero-order valence-corrected chi connectivity index (χ0v) is 24.3. The predicted molar refractivity (Wildman–Crippen MR) is 162 cm³/mol. The number of likely N-dealkylation sites (N-methyl/N-ethyl adjacent to an activating group) is 1. The van der Waals surface area contributed by atoms with Gasteiger partial charge in [-0.15, -0.1) is 0 Å². The summed E-state index contributed by atoms with van der Waals surface area (Å²) in [5.41, 5.74) is 5.97. The Hall–Kier alpha value is -4.84. The van der Waals surface area contributed by atoms with E-state index in [1.165, 1.54) is 27.8 Å². The second kappa shape index (κ2) is 11.4. The van der Waals surface area contributed by atoms with E-state index in [0.717, 1.165) is 25.7 Å². The second-order valence-corrected chi connectivity index (χ2v) is 11.1. The third-order valence-corrected chi connectivity index (χ3v) is 8.41. The minimum atomic E-state index is -1.02. The van der Waals surface area contributed by atoms with Crippen molar-refractivity contribution in [3.8, 4) is 11.1 Å². The number of aliphatic hydroxyl groups excluding tert-OH is 1. The van der Waals surface area contributed by atoms with Gasteiger partial charge in [-0.2, -0.15) is 5.10 Å². The first-order chi connectivity index (χ1) is 20.7. The van der Waals surface area contributed by atoms with E-state index in [-0.39, 0.29) is 24.6 Å². The van der Waals surface area contributed by atoms with Gasteiger partial charge >= 0.3 is 6.09 Å². The molecule has 1 aliphatic carbocycles. The standard InChI is InChI=1S/C31H35N7O5/c1-34(31(42)43)12-13-36-11-10-28(33-36)32-24-16-21(18-35(2)29(24)40)22-7-5-9-26(23(22)19-39)38-15-14-37-25-8-4-3-6-20(25)17-27(37)30(38)41/h5,7,9-11,16-18,39H,3-4,6,8,12-15,19H2,1-2H3,(H,32,33)(H,42,43). The van der Waals surface area contributed by atoms with Gasteiger partial charge in [-0.1, -0.05) is 12.1 Å². The summed E-state index contributed by atoms with van der Waals surface area (Å²) < 4.78 is 5.24. The van der Waals surface area contributed by atoms with Crippen LogP contribution in [0.15, 0.2) is 53.6 Å². The smallest absolute Gasteiger partial charge is 0.407 e. The predicted octanol–water partition coefficient (Wildman–Crippen LogP) is 3.44. The quantitative estimate of drug-likeness (QED) is 0.288. The van der Waals surface area contributed by atoms with Gasteiger partial charge in [0.05, 0.1) is 18.8 Å². The first-order valence-corrected chi connectivity index (χ1v) is 14.5. The maximum atomic E-state index is 13.8. The van der Waals surface area contributed by atoms with Gasteiger partial charge < -0.3 is 34.5 Å². The molecule has 1 aromatic carbocycles. The molecule has 0 saturated heterocycles. The van der Waals surface area contributed by atoms with E-state index < -0.39 is 6.09 Å². The monoisotopic (exact) mass is 585 g/mol. The third-order valence-electron chi connectivity index (χ3n) is 8.41. The number of nitrogens with zero attached hydrogens (tertiary/aromatic N) is 6. The fourth-order valence-corrected chi connectivity index (χ4v) is 6.12. The number of hydrogen-bond acceptors (Lipinski definition) is 6. The summed E-state index contributed by atoms with van der Waals surface area (Å²) in [7, 11) is 3.14. The highest BCUT2D eigenvalue weighted by molar-refractivity contribution is 6.07. The number of carboxylic acid groups (broad SMARTS) is 1. The molecule has 0 unspecified atom stereocenters. The molecule has 1 aliphatic heterocycles. The van der Waals surface area contributed by atoms with Gasteiger partial charge in [0, 0.05) is 69.0 Å². The van der Waals surface area contributed by atoms with Crippen LogP contribution in [-0.2, 0) is 39.6 Å². The number of carbonyl (C=O) groups excluding carboxylic acids is 1. The zero-order chi connectivity index (χ0) is 30.2.